The number of ether oxygens (including phenoxy) is 2. The summed E-state index contributed by atoms with van der Waals surface area (Å²) < 4.78 is 9.62. The Balaban J connectivity index is 5.10. The van der Waals surface area contributed by atoms with E-state index in [-0.39, 0.29) is 19.1 Å². The molecule has 1 N–H and O–H groups in total. The van der Waals surface area contributed by atoms with Crippen molar-refractivity contribution in [1.82, 2.24) is 0 Å². The summed E-state index contributed by atoms with van der Waals surface area (Å²) in [5.41, 5.74) is -1.49. The van der Waals surface area contributed by atoms with Crippen LogP contribution in [0.3, 0.4) is 0 Å². The normalized spacial score (nSPS) is 14.6. The van der Waals surface area contributed by atoms with Crippen LogP contribution in [0, 0.1) is 11.8 Å². The molecule has 5 heteroatoms. The zero-order chi connectivity index (χ0) is 13.6. The molecular weight excluding hydrogens is 224 g/mol. The summed E-state index contributed by atoms with van der Waals surface area (Å²) in [4.78, 5) is 23.5. The number of rotatable bonds is 6. The molecule has 5 nitrogen and oxygen atoms in total. The highest BCUT2D eigenvalue weighted by Crippen LogP contribution is 2.28. The average Bonchev–Trinajstić information content (AvgIpc) is 2.17. The van der Waals surface area contributed by atoms with Gasteiger partial charge in [-0.05, 0) is 26.7 Å². The minimum atomic E-state index is -1.49. The van der Waals surface area contributed by atoms with Gasteiger partial charge in [-0.1, -0.05) is 13.8 Å². The first-order valence-electron chi connectivity index (χ1n) is 5.84. The van der Waals surface area contributed by atoms with Gasteiger partial charge in [-0.25, -0.2) is 0 Å². The maximum atomic E-state index is 11.7. The summed E-state index contributed by atoms with van der Waals surface area (Å²) in [6, 6.07) is 0. The highest BCUT2D eigenvalue weighted by molar-refractivity contribution is 5.96. The lowest BCUT2D eigenvalue weighted by Crippen LogP contribution is -2.49. The number of hydrogen-bond donors (Lipinski definition) is 1. The Morgan fingerprint density at radius 1 is 1.12 bits per heavy atom. The lowest BCUT2D eigenvalue weighted by atomic mass is 9.80. The van der Waals surface area contributed by atoms with Crippen LogP contribution in [0.25, 0.3) is 0 Å². The highest BCUT2D eigenvalue weighted by Gasteiger charge is 2.47. The lowest BCUT2D eigenvalue weighted by molar-refractivity contribution is -0.176. The molecule has 0 saturated carbocycles. The molecule has 0 heterocycles. The molecule has 100 valence electrons. The Kier molecular flexibility index (Phi) is 6.16. The number of carbonyl (C=O) groups excluding carboxylic acids is 2. The molecule has 0 aliphatic rings. The summed E-state index contributed by atoms with van der Waals surface area (Å²) in [5, 5.41) is 10.2. The SMILES string of the molecule is CCOC(=O)C(C(=O)OCC)C(C)(O)C(C)C. The van der Waals surface area contributed by atoms with Gasteiger partial charge in [0.05, 0.1) is 18.8 Å². The molecule has 1 atom stereocenters. The van der Waals surface area contributed by atoms with E-state index in [0.29, 0.717) is 0 Å². The summed E-state index contributed by atoms with van der Waals surface area (Å²) in [7, 11) is 0. The van der Waals surface area contributed by atoms with Crippen molar-refractivity contribution in [1.29, 1.82) is 0 Å². The minimum Gasteiger partial charge on any atom is -0.465 e. The van der Waals surface area contributed by atoms with Gasteiger partial charge < -0.3 is 14.6 Å². The molecule has 0 spiro atoms. The van der Waals surface area contributed by atoms with Gasteiger partial charge in [-0.3, -0.25) is 9.59 Å². The van der Waals surface area contributed by atoms with E-state index in [0.717, 1.165) is 0 Å². The second kappa shape index (κ2) is 6.59. The first kappa shape index (κ1) is 15.9. The summed E-state index contributed by atoms with van der Waals surface area (Å²) >= 11 is 0. The van der Waals surface area contributed by atoms with Gasteiger partial charge in [0.1, 0.15) is 0 Å². The Hall–Kier alpha value is -1.10. The molecule has 0 aliphatic heterocycles. The van der Waals surface area contributed by atoms with Gasteiger partial charge in [-0.15, -0.1) is 0 Å². The third-order valence-corrected chi connectivity index (χ3v) is 2.80. The number of aliphatic hydroxyl groups is 1. The third-order valence-electron chi connectivity index (χ3n) is 2.80. The quantitative estimate of drug-likeness (QED) is 0.562. The Morgan fingerprint density at radius 2 is 1.47 bits per heavy atom. The molecular formula is C12H22O5. The maximum absolute atomic E-state index is 11.7. The molecule has 0 aromatic heterocycles. The monoisotopic (exact) mass is 246 g/mol. The molecule has 17 heavy (non-hydrogen) atoms. The third kappa shape index (κ3) is 4.00. The topological polar surface area (TPSA) is 72.8 Å². The van der Waals surface area contributed by atoms with Crippen LogP contribution in [0.1, 0.15) is 34.6 Å². The van der Waals surface area contributed by atoms with Crippen LogP contribution in [0.4, 0.5) is 0 Å². The first-order valence-corrected chi connectivity index (χ1v) is 5.84. The highest BCUT2D eigenvalue weighted by atomic mass is 16.6. The van der Waals surface area contributed by atoms with Crippen LogP contribution in [0.5, 0.6) is 0 Å². The second-order valence-corrected chi connectivity index (χ2v) is 4.32. The molecule has 0 aliphatic carbocycles. The zero-order valence-electron chi connectivity index (χ0n) is 11.1. The van der Waals surface area contributed by atoms with Gasteiger partial charge in [0.15, 0.2) is 5.92 Å². The van der Waals surface area contributed by atoms with Crippen molar-refractivity contribution in [2.45, 2.75) is 40.2 Å². The molecule has 1 unspecified atom stereocenters. The van der Waals surface area contributed by atoms with Crippen molar-refractivity contribution in [3.8, 4) is 0 Å². The van der Waals surface area contributed by atoms with Crippen LogP contribution in [-0.2, 0) is 19.1 Å². The lowest BCUT2D eigenvalue weighted by Gasteiger charge is -2.33. The van der Waals surface area contributed by atoms with Gasteiger partial charge in [0.2, 0.25) is 0 Å². The summed E-state index contributed by atoms with van der Waals surface area (Å²) in [6.45, 7) is 8.49. The Labute approximate surface area is 102 Å². The summed E-state index contributed by atoms with van der Waals surface area (Å²) in [6.07, 6.45) is 0. The number of carbonyl (C=O) groups is 2. The van der Waals surface area contributed by atoms with Gasteiger partial charge >= 0.3 is 11.9 Å². The van der Waals surface area contributed by atoms with Crippen LogP contribution in [0.15, 0.2) is 0 Å². The fourth-order valence-corrected chi connectivity index (χ4v) is 1.36. The fraction of sp³-hybridized carbons (Fsp3) is 0.833. The molecule has 0 aromatic carbocycles. The van der Waals surface area contributed by atoms with Crippen molar-refractivity contribution in [3.05, 3.63) is 0 Å². The van der Waals surface area contributed by atoms with Gasteiger partial charge in [-0.2, -0.15) is 0 Å². The van der Waals surface area contributed by atoms with Gasteiger partial charge in [0, 0.05) is 0 Å². The molecule has 0 amide bonds. The second-order valence-electron chi connectivity index (χ2n) is 4.32. The minimum absolute atomic E-state index is 0.156. The van der Waals surface area contributed by atoms with E-state index in [1.807, 2.05) is 0 Å². The van der Waals surface area contributed by atoms with E-state index < -0.39 is 23.5 Å². The smallest absolute Gasteiger partial charge is 0.323 e. The standard InChI is InChI=1S/C12H22O5/c1-6-16-10(13)9(11(14)17-7-2)12(5,15)8(3)4/h8-9,15H,6-7H2,1-5H3. The van der Waals surface area contributed by atoms with Crippen molar-refractivity contribution in [3.63, 3.8) is 0 Å². The van der Waals surface area contributed by atoms with Crippen molar-refractivity contribution >= 4 is 11.9 Å². The van der Waals surface area contributed by atoms with Crippen LogP contribution >= 0.6 is 0 Å². The predicted molar refractivity (Wildman–Crippen MR) is 62.2 cm³/mol. The maximum Gasteiger partial charge on any atom is 0.323 e. The van der Waals surface area contributed by atoms with Gasteiger partial charge in [0.25, 0.3) is 0 Å². The van der Waals surface area contributed by atoms with Crippen LogP contribution in [0.2, 0.25) is 0 Å². The molecule has 0 aromatic rings. The van der Waals surface area contributed by atoms with E-state index in [1.165, 1.54) is 6.92 Å². The van der Waals surface area contributed by atoms with E-state index in [9.17, 15) is 14.7 Å². The molecule has 0 fully saturated rings. The van der Waals surface area contributed by atoms with Crippen molar-refractivity contribution in [2.75, 3.05) is 13.2 Å². The number of esters is 2. The molecule has 0 rings (SSSR count). The van der Waals surface area contributed by atoms with E-state index >= 15 is 0 Å². The summed E-state index contributed by atoms with van der Waals surface area (Å²) in [5.74, 6) is -3.07. The van der Waals surface area contributed by atoms with E-state index in [2.05, 4.69) is 0 Å². The van der Waals surface area contributed by atoms with Crippen molar-refractivity contribution in [2.24, 2.45) is 11.8 Å². The largest absolute Gasteiger partial charge is 0.465 e. The van der Waals surface area contributed by atoms with Crippen molar-refractivity contribution < 1.29 is 24.2 Å². The predicted octanol–water partition coefficient (Wildman–Crippen LogP) is 1.14. The van der Waals surface area contributed by atoms with E-state index in [4.69, 9.17) is 9.47 Å². The van der Waals surface area contributed by atoms with Crippen LogP contribution < -0.4 is 0 Å². The zero-order valence-corrected chi connectivity index (χ0v) is 11.1. The number of hydrogen-bond acceptors (Lipinski definition) is 5. The Morgan fingerprint density at radius 3 is 1.71 bits per heavy atom. The Bertz CT molecular complexity index is 252. The molecule has 0 radical (unpaired) electrons. The fourth-order valence-electron chi connectivity index (χ4n) is 1.36. The first-order chi connectivity index (χ1) is 7.78. The van der Waals surface area contributed by atoms with Crippen LogP contribution in [-0.4, -0.2) is 35.9 Å². The van der Waals surface area contributed by atoms with E-state index in [1.54, 1.807) is 27.7 Å². The molecule has 0 saturated heterocycles. The molecule has 0 bridgehead atoms. The average molecular weight is 246 g/mol.